The van der Waals surface area contributed by atoms with Gasteiger partial charge in [-0.15, -0.1) is 0 Å². The molecule has 2 rings (SSSR count). The molecule has 1 aliphatic carbocycles. The third kappa shape index (κ3) is 3.95. The number of nitrogens with zero attached hydrogens (tertiary/aromatic N) is 2. The average Bonchev–Trinajstić information content (AvgIpc) is 2.72. The fourth-order valence-electron chi connectivity index (χ4n) is 3.62. The van der Waals surface area contributed by atoms with Crippen LogP contribution in [0.4, 0.5) is 0 Å². The molecule has 6 heteroatoms. The van der Waals surface area contributed by atoms with Crippen molar-refractivity contribution in [1.29, 1.82) is 0 Å². The minimum absolute atomic E-state index is 0.227. The lowest BCUT2D eigenvalue weighted by atomic mass is 9.73. The first-order valence-electron chi connectivity index (χ1n) is 8.07. The van der Waals surface area contributed by atoms with Crippen LogP contribution in [0.3, 0.4) is 0 Å². The van der Waals surface area contributed by atoms with E-state index in [1.807, 2.05) is 9.80 Å². The first-order valence-corrected chi connectivity index (χ1v) is 8.07. The van der Waals surface area contributed by atoms with E-state index in [2.05, 4.69) is 0 Å². The summed E-state index contributed by atoms with van der Waals surface area (Å²) in [6.07, 6.45) is 6.14. The molecule has 1 saturated heterocycles. The van der Waals surface area contributed by atoms with Gasteiger partial charge in [0.05, 0.1) is 12.0 Å². The first kappa shape index (κ1) is 16.2. The maximum atomic E-state index is 12.9. The van der Waals surface area contributed by atoms with Gasteiger partial charge >= 0.3 is 0 Å². The Labute approximate surface area is 126 Å². The molecule has 1 aliphatic heterocycles. The molecule has 0 aromatic heterocycles. The van der Waals surface area contributed by atoms with Gasteiger partial charge in [-0.05, 0) is 19.3 Å². The van der Waals surface area contributed by atoms with Gasteiger partial charge in [0.1, 0.15) is 0 Å². The van der Waals surface area contributed by atoms with E-state index in [0.717, 1.165) is 51.7 Å². The maximum Gasteiger partial charge on any atom is 0.231 e. The lowest BCUT2D eigenvalue weighted by Gasteiger charge is -2.38. The molecule has 0 bridgehead atoms. The molecule has 0 aromatic carbocycles. The molecule has 0 atom stereocenters. The van der Waals surface area contributed by atoms with Crippen molar-refractivity contribution >= 4 is 11.8 Å². The van der Waals surface area contributed by atoms with Crippen molar-refractivity contribution in [3.63, 3.8) is 0 Å². The maximum absolute atomic E-state index is 12.9. The van der Waals surface area contributed by atoms with Crippen molar-refractivity contribution < 1.29 is 9.59 Å². The zero-order valence-corrected chi connectivity index (χ0v) is 12.9. The summed E-state index contributed by atoms with van der Waals surface area (Å²) in [6.45, 7) is 3.71. The average molecular weight is 296 g/mol. The Morgan fingerprint density at radius 3 is 2.29 bits per heavy atom. The van der Waals surface area contributed by atoms with Gasteiger partial charge in [0.15, 0.2) is 0 Å². The fourth-order valence-corrected chi connectivity index (χ4v) is 3.62. The van der Waals surface area contributed by atoms with Crippen LogP contribution in [0.1, 0.15) is 38.5 Å². The zero-order chi connectivity index (χ0) is 15.3. The van der Waals surface area contributed by atoms with Gasteiger partial charge in [-0.2, -0.15) is 0 Å². The van der Waals surface area contributed by atoms with Gasteiger partial charge in [-0.25, -0.2) is 0 Å². The molecule has 0 radical (unpaired) electrons. The van der Waals surface area contributed by atoms with E-state index in [1.165, 1.54) is 6.42 Å². The second kappa shape index (κ2) is 7.22. The van der Waals surface area contributed by atoms with E-state index >= 15 is 0 Å². The fraction of sp³-hybridized carbons (Fsp3) is 0.867. The highest BCUT2D eigenvalue weighted by atomic mass is 16.2. The molecule has 120 valence electrons. The minimum atomic E-state index is -0.336. The molecule has 2 fully saturated rings. The summed E-state index contributed by atoms with van der Waals surface area (Å²) in [7, 11) is 0. The highest BCUT2D eigenvalue weighted by Gasteiger charge is 2.41. The number of hydrogen-bond acceptors (Lipinski definition) is 4. The zero-order valence-electron chi connectivity index (χ0n) is 12.9. The Morgan fingerprint density at radius 1 is 0.952 bits per heavy atom. The molecule has 1 saturated carbocycles. The largest absolute Gasteiger partial charge is 0.369 e. The van der Waals surface area contributed by atoms with Crippen molar-refractivity contribution in [3.05, 3.63) is 0 Å². The standard InChI is InChI=1S/C15H28N4O2/c16-12-15(5-2-1-3-6-15)14(21)19-8-4-7-18(9-10-19)11-13(17)20/h1-12,16H2,(H2,17,20). The summed E-state index contributed by atoms with van der Waals surface area (Å²) in [5.41, 5.74) is 10.9. The third-order valence-corrected chi connectivity index (χ3v) is 4.91. The van der Waals surface area contributed by atoms with Gasteiger partial charge < -0.3 is 16.4 Å². The molecule has 2 amide bonds. The van der Waals surface area contributed by atoms with Crippen LogP contribution in [-0.2, 0) is 9.59 Å². The van der Waals surface area contributed by atoms with Crippen LogP contribution in [-0.4, -0.2) is 60.9 Å². The molecule has 0 unspecified atom stereocenters. The van der Waals surface area contributed by atoms with E-state index in [9.17, 15) is 9.59 Å². The Hall–Kier alpha value is -1.14. The Kier molecular flexibility index (Phi) is 5.58. The van der Waals surface area contributed by atoms with Crippen molar-refractivity contribution in [2.24, 2.45) is 16.9 Å². The smallest absolute Gasteiger partial charge is 0.231 e. The summed E-state index contributed by atoms with van der Waals surface area (Å²) in [4.78, 5) is 27.9. The van der Waals surface area contributed by atoms with Gasteiger partial charge in [-0.1, -0.05) is 19.3 Å². The van der Waals surface area contributed by atoms with Crippen molar-refractivity contribution in [1.82, 2.24) is 9.80 Å². The molecule has 6 nitrogen and oxygen atoms in total. The van der Waals surface area contributed by atoms with Crippen LogP contribution in [0.15, 0.2) is 0 Å². The Morgan fingerprint density at radius 2 is 1.67 bits per heavy atom. The molecule has 4 N–H and O–H groups in total. The summed E-state index contributed by atoms with van der Waals surface area (Å²) in [5.74, 6) is -0.0777. The topological polar surface area (TPSA) is 92.7 Å². The Bertz CT molecular complexity index is 380. The molecular formula is C15H28N4O2. The number of carbonyl (C=O) groups excluding carboxylic acids is 2. The minimum Gasteiger partial charge on any atom is -0.369 e. The van der Waals surface area contributed by atoms with Crippen LogP contribution in [0.2, 0.25) is 0 Å². The van der Waals surface area contributed by atoms with E-state index < -0.39 is 0 Å². The number of nitrogens with two attached hydrogens (primary N) is 2. The van der Waals surface area contributed by atoms with Gasteiger partial charge in [-0.3, -0.25) is 14.5 Å². The van der Waals surface area contributed by atoms with Crippen molar-refractivity contribution in [2.45, 2.75) is 38.5 Å². The molecule has 0 aromatic rings. The predicted molar refractivity (Wildman–Crippen MR) is 81.4 cm³/mol. The van der Waals surface area contributed by atoms with E-state index in [4.69, 9.17) is 11.5 Å². The lowest BCUT2D eigenvalue weighted by Crippen LogP contribution is -2.50. The number of amides is 2. The van der Waals surface area contributed by atoms with E-state index in [-0.39, 0.29) is 23.8 Å². The number of rotatable bonds is 4. The third-order valence-electron chi connectivity index (χ3n) is 4.91. The quantitative estimate of drug-likeness (QED) is 0.758. The van der Waals surface area contributed by atoms with Crippen LogP contribution >= 0.6 is 0 Å². The van der Waals surface area contributed by atoms with Crippen LogP contribution in [0, 0.1) is 5.41 Å². The first-order chi connectivity index (χ1) is 10.1. The molecule has 21 heavy (non-hydrogen) atoms. The van der Waals surface area contributed by atoms with E-state index in [0.29, 0.717) is 13.1 Å². The molecular weight excluding hydrogens is 268 g/mol. The predicted octanol–water partition coefficient (Wildman–Crippen LogP) is -0.0848. The van der Waals surface area contributed by atoms with Crippen LogP contribution in [0.25, 0.3) is 0 Å². The number of hydrogen-bond donors (Lipinski definition) is 2. The summed E-state index contributed by atoms with van der Waals surface area (Å²) < 4.78 is 0. The normalized spacial score (nSPS) is 23.6. The van der Waals surface area contributed by atoms with Crippen molar-refractivity contribution in [3.8, 4) is 0 Å². The molecule has 1 heterocycles. The number of carbonyl (C=O) groups is 2. The Balaban J connectivity index is 1.97. The summed E-state index contributed by atoms with van der Waals surface area (Å²) in [6, 6.07) is 0. The molecule has 0 spiro atoms. The van der Waals surface area contributed by atoms with Crippen LogP contribution < -0.4 is 11.5 Å². The van der Waals surface area contributed by atoms with E-state index in [1.54, 1.807) is 0 Å². The highest BCUT2D eigenvalue weighted by Crippen LogP contribution is 2.37. The monoisotopic (exact) mass is 296 g/mol. The number of primary amides is 1. The summed E-state index contributed by atoms with van der Waals surface area (Å²) >= 11 is 0. The van der Waals surface area contributed by atoms with Gasteiger partial charge in [0.25, 0.3) is 0 Å². The lowest BCUT2D eigenvalue weighted by molar-refractivity contribution is -0.143. The summed E-state index contributed by atoms with van der Waals surface area (Å²) in [5, 5.41) is 0. The van der Waals surface area contributed by atoms with Crippen molar-refractivity contribution in [2.75, 3.05) is 39.3 Å². The van der Waals surface area contributed by atoms with Gasteiger partial charge in [0.2, 0.25) is 11.8 Å². The second-order valence-corrected chi connectivity index (χ2v) is 6.43. The van der Waals surface area contributed by atoms with Crippen LogP contribution in [0.5, 0.6) is 0 Å². The molecule has 2 aliphatic rings. The SMILES string of the molecule is NCC1(C(=O)N2CCCN(CC(N)=O)CC2)CCCCC1. The highest BCUT2D eigenvalue weighted by molar-refractivity contribution is 5.83. The second-order valence-electron chi connectivity index (χ2n) is 6.43. The van der Waals surface area contributed by atoms with Gasteiger partial charge in [0, 0.05) is 32.7 Å².